The lowest BCUT2D eigenvalue weighted by Crippen LogP contribution is -2.21. The molecule has 0 unspecified atom stereocenters. The van der Waals surface area contributed by atoms with Gasteiger partial charge in [-0.3, -0.25) is 0 Å². The predicted octanol–water partition coefficient (Wildman–Crippen LogP) is 1.13. The normalized spacial score (nSPS) is 20.9. The Morgan fingerprint density at radius 3 is 2.86 bits per heavy atom. The van der Waals surface area contributed by atoms with E-state index in [1.165, 1.54) is 0 Å². The van der Waals surface area contributed by atoms with Crippen molar-refractivity contribution in [3.8, 4) is 6.07 Å². The van der Waals surface area contributed by atoms with Gasteiger partial charge in [-0.2, -0.15) is 5.26 Å². The first kappa shape index (κ1) is 9.04. The highest BCUT2D eigenvalue weighted by Crippen LogP contribution is 2.23. The van der Waals surface area contributed by atoms with E-state index in [2.05, 4.69) is 11.0 Å². The molecular formula is C11H12N2O. The third-order valence-electron chi connectivity index (χ3n) is 2.53. The summed E-state index contributed by atoms with van der Waals surface area (Å²) in [5.74, 6) is 0. The van der Waals surface area contributed by atoms with Crippen LogP contribution in [-0.2, 0) is 0 Å². The lowest BCUT2D eigenvalue weighted by Gasteiger charge is -2.18. The zero-order valence-electron chi connectivity index (χ0n) is 7.85. The van der Waals surface area contributed by atoms with Gasteiger partial charge in [0.2, 0.25) is 0 Å². The van der Waals surface area contributed by atoms with E-state index >= 15 is 0 Å². The van der Waals surface area contributed by atoms with Gasteiger partial charge in [-0.25, -0.2) is 0 Å². The van der Waals surface area contributed by atoms with Crippen LogP contribution in [0.1, 0.15) is 12.0 Å². The molecule has 3 heteroatoms. The fourth-order valence-electron chi connectivity index (χ4n) is 1.80. The van der Waals surface area contributed by atoms with Crippen LogP contribution < -0.4 is 4.90 Å². The maximum absolute atomic E-state index is 9.40. The smallest absolute Gasteiger partial charge is 0.101 e. The summed E-state index contributed by atoms with van der Waals surface area (Å²) in [6, 6.07) is 9.67. The molecule has 1 fully saturated rings. The molecule has 14 heavy (non-hydrogen) atoms. The summed E-state index contributed by atoms with van der Waals surface area (Å²) >= 11 is 0. The minimum atomic E-state index is -0.248. The third-order valence-corrected chi connectivity index (χ3v) is 2.53. The molecule has 1 aromatic rings. The Morgan fingerprint density at radius 1 is 1.43 bits per heavy atom. The second kappa shape index (κ2) is 3.69. The first-order chi connectivity index (χ1) is 6.81. The maximum atomic E-state index is 9.40. The fourth-order valence-corrected chi connectivity index (χ4v) is 1.80. The quantitative estimate of drug-likeness (QED) is 0.718. The minimum absolute atomic E-state index is 0.248. The number of nitriles is 1. The topological polar surface area (TPSA) is 47.3 Å². The molecule has 1 aliphatic heterocycles. The van der Waals surface area contributed by atoms with Crippen molar-refractivity contribution >= 4 is 5.69 Å². The number of benzene rings is 1. The molecule has 1 saturated heterocycles. The molecule has 72 valence electrons. The number of nitrogens with zero attached hydrogens (tertiary/aromatic N) is 2. The van der Waals surface area contributed by atoms with Gasteiger partial charge in [0.1, 0.15) is 6.07 Å². The molecule has 1 N–H and O–H groups in total. The van der Waals surface area contributed by atoms with Gasteiger partial charge >= 0.3 is 0 Å². The molecule has 2 rings (SSSR count). The highest BCUT2D eigenvalue weighted by molar-refractivity contribution is 5.59. The number of aliphatic hydroxyl groups is 1. The second-order valence-corrected chi connectivity index (χ2v) is 3.52. The van der Waals surface area contributed by atoms with Crippen LogP contribution in [-0.4, -0.2) is 24.3 Å². The van der Waals surface area contributed by atoms with Gasteiger partial charge in [0.25, 0.3) is 0 Å². The molecule has 0 saturated carbocycles. The third kappa shape index (κ3) is 1.57. The number of rotatable bonds is 1. The van der Waals surface area contributed by atoms with Crippen molar-refractivity contribution in [2.24, 2.45) is 0 Å². The monoisotopic (exact) mass is 188 g/mol. The highest BCUT2D eigenvalue weighted by Gasteiger charge is 2.21. The van der Waals surface area contributed by atoms with Crippen molar-refractivity contribution in [2.45, 2.75) is 12.5 Å². The van der Waals surface area contributed by atoms with E-state index in [9.17, 15) is 5.11 Å². The van der Waals surface area contributed by atoms with E-state index in [-0.39, 0.29) is 6.10 Å². The molecule has 0 bridgehead atoms. The van der Waals surface area contributed by atoms with Crippen molar-refractivity contribution in [3.63, 3.8) is 0 Å². The SMILES string of the molecule is N#Cc1ccccc1N1CC[C@H](O)C1. The number of hydrogen-bond donors (Lipinski definition) is 1. The zero-order valence-corrected chi connectivity index (χ0v) is 7.85. The first-order valence-corrected chi connectivity index (χ1v) is 4.73. The standard InChI is InChI=1S/C11H12N2O/c12-7-9-3-1-2-4-11(9)13-6-5-10(14)8-13/h1-4,10,14H,5-6,8H2/t10-/m0/s1. The Labute approximate surface area is 83.2 Å². The fraction of sp³-hybridized carbons (Fsp3) is 0.364. The summed E-state index contributed by atoms with van der Waals surface area (Å²) in [7, 11) is 0. The van der Waals surface area contributed by atoms with Crippen molar-refractivity contribution < 1.29 is 5.11 Å². The number of anilines is 1. The molecule has 0 aromatic heterocycles. The Hall–Kier alpha value is -1.53. The molecule has 1 aliphatic rings. The van der Waals surface area contributed by atoms with Crippen LogP contribution in [0.25, 0.3) is 0 Å². The molecule has 3 nitrogen and oxygen atoms in total. The van der Waals surface area contributed by atoms with Crippen LogP contribution in [0.2, 0.25) is 0 Å². The molecular weight excluding hydrogens is 176 g/mol. The van der Waals surface area contributed by atoms with Gasteiger partial charge in [-0.15, -0.1) is 0 Å². The van der Waals surface area contributed by atoms with Crippen molar-refractivity contribution in [3.05, 3.63) is 29.8 Å². The lowest BCUT2D eigenvalue weighted by molar-refractivity contribution is 0.198. The largest absolute Gasteiger partial charge is 0.391 e. The number of para-hydroxylation sites is 1. The average Bonchev–Trinajstić information content (AvgIpc) is 2.65. The molecule has 1 aromatic carbocycles. The second-order valence-electron chi connectivity index (χ2n) is 3.52. The van der Waals surface area contributed by atoms with Crippen LogP contribution in [0.3, 0.4) is 0 Å². The predicted molar refractivity (Wildman–Crippen MR) is 54.0 cm³/mol. The summed E-state index contributed by atoms with van der Waals surface area (Å²) in [6.45, 7) is 1.47. The van der Waals surface area contributed by atoms with E-state index in [0.29, 0.717) is 12.1 Å². The molecule has 1 heterocycles. The number of β-amino-alcohol motifs (C(OH)–C–C–N with tert-alkyl or cyclic N) is 1. The van der Waals surface area contributed by atoms with Crippen molar-refractivity contribution in [1.29, 1.82) is 5.26 Å². The van der Waals surface area contributed by atoms with Gasteiger partial charge in [-0.05, 0) is 18.6 Å². The van der Waals surface area contributed by atoms with Crippen LogP contribution in [0, 0.1) is 11.3 Å². The summed E-state index contributed by atoms with van der Waals surface area (Å²) < 4.78 is 0. The molecule has 0 amide bonds. The summed E-state index contributed by atoms with van der Waals surface area (Å²) in [5, 5.41) is 18.3. The van der Waals surface area contributed by atoms with E-state index in [1.807, 2.05) is 18.2 Å². The van der Waals surface area contributed by atoms with Crippen molar-refractivity contribution in [1.82, 2.24) is 0 Å². The molecule has 0 aliphatic carbocycles. The van der Waals surface area contributed by atoms with E-state index < -0.39 is 0 Å². The van der Waals surface area contributed by atoms with Gasteiger partial charge in [-0.1, -0.05) is 12.1 Å². The Bertz CT molecular complexity index is 370. The number of hydrogen-bond acceptors (Lipinski definition) is 3. The minimum Gasteiger partial charge on any atom is -0.391 e. The van der Waals surface area contributed by atoms with Gasteiger partial charge in [0.05, 0.1) is 17.4 Å². The Balaban J connectivity index is 2.28. The Morgan fingerprint density at radius 2 is 2.21 bits per heavy atom. The Kier molecular flexibility index (Phi) is 2.38. The average molecular weight is 188 g/mol. The maximum Gasteiger partial charge on any atom is 0.101 e. The van der Waals surface area contributed by atoms with Crippen LogP contribution in [0.5, 0.6) is 0 Å². The molecule has 0 radical (unpaired) electrons. The van der Waals surface area contributed by atoms with Gasteiger partial charge in [0, 0.05) is 13.1 Å². The molecule has 0 spiro atoms. The first-order valence-electron chi connectivity index (χ1n) is 4.73. The van der Waals surface area contributed by atoms with Crippen LogP contribution in [0.15, 0.2) is 24.3 Å². The van der Waals surface area contributed by atoms with Crippen LogP contribution >= 0.6 is 0 Å². The van der Waals surface area contributed by atoms with E-state index in [0.717, 1.165) is 18.7 Å². The summed E-state index contributed by atoms with van der Waals surface area (Å²) in [4.78, 5) is 2.06. The molecule has 1 atom stereocenters. The van der Waals surface area contributed by atoms with Gasteiger partial charge in [0.15, 0.2) is 0 Å². The zero-order chi connectivity index (χ0) is 9.97. The van der Waals surface area contributed by atoms with Crippen molar-refractivity contribution in [2.75, 3.05) is 18.0 Å². The van der Waals surface area contributed by atoms with Gasteiger partial charge < -0.3 is 10.0 Å². The summed E-state index contributed by atoms with van der Waals surface area (Å²) in [5.41, 5.74) is 1.62. The highest BCUT2D eigenvalue weighted by atomic mass is 16.3. The van der Waals surface area contributed by atoms with E-state index in [1.54, 1.807) is 6.07 Å². The summed E-state index contributed by atoms with van der Waals surface area (Å²) in [6.07, 6.45) is 0.543. The van der Waals surface area contributed by atoms with Crippen LogP contribution in [0.4, 0.5) is 5.69 Å². The number of aliphatic hydroxyl groups excluding tert-OH is 1. The lowest BCUT2D eigenvalue weighted by atomic mass is 10.2. The van der Waals surface area contributed by atoms with E-state index in [4.69, 9.17) is 5.26 Å².